The Morgan fingerprint density at radius 2 is 1.84 bits per heavy atom. The molecule has 1 fully saturated rings. The molecule has 32 heavy (non-hydrogen) atoms. The normalized spacial score (nSPS) is 22.9. The molecule has 0 aliphatic carbocycles. The Labute approximate surface area is 198 Å². The quantitative estimate of drug-likeness (QED) is 0.495. The van der Waals surface area contributed by atoms with Crippen LogP contribution in [0.25, 0.3) is 0 Å². The number of benzene rings is 2. The van der Waals surface area contributed by atoms with E-state index >= 15 is 0 Å². The van der Waals surface area contributed by atoms with Gasteiger partial charge in [0, 0.05) is 22.2 Å². The highest BCUT2D eigenvalue weighted by atomic mass is 79.9. The van der Waals surface area contributed by atoms with Crippen LogP contribution in [0, 0.1) is 34.0 Å². The maximum absolute atomic E-state index is 12.4. The van der Waals surface area contributed by atoms with Gasteiger partial charge in [-0.2, -0.15) is 10.5 Å². The monoisotopic (exact) mass is 494 g/mol. The van der Waals surface area contributed by atoms with Crippen molar-refractivity contribution in [1.82, 2.24) is 0 Å². The van der Waals surface area contributed by atoms with E-state index in [2.05, 4.69) is 34.1 Å². The van der Waals surface area contributed by atoms with E-state index in [0.29, 0.717) is 19.4 Å². The summed E-state index contributed by atoms with van der Waals surface area (Å²) in [6, 6.07) is 22.3. The van der Waals surface area contributed by atoms with Gasteiger partial charge in [0.15, 0.2) is 5.41 Å². The smallest absolute Gasteiger partial charge is 0.306 e. The van der Waals surface area contributed by atoms with Crippen LogP contribution in [0.4, 0.5) is 0 Å². The molecule has 0 spiro atoms. The summed E-state index contributed by atoms with van der Waals surface area (Å²) in [5.74, 6) is -1.11. The number of nitriles is 2. The van der Waals surface area contributed by atoms with Crippen molar-refractivity contribution < 1.29 is 14.3 Å². The fourth-order valence-corrected chi connectivity index (χ4v) is 5.05. The minimum atomic E-state index is -1.28. The molecule has 0 amide bonds. The van der Waals surface area contributed by atoms with Crippen LogP contribution in [0.3, 0.4) is 0 Å². The molecule has 0 bridgehead atoms. The van der Waals surface area contributed by atoms with Crippen LogP contribution in [0.5, 0.6) is 0 Å². The molecule has 0 radical (unpaired) electrons. The first-order chi connectivity index (χ1) is 15.5. The molecule has 6 heteroatoms. The molecule has 2 aromatic rings. The van der Waals surface area contributed by atoms with Crippen molar-refractivity contribution >= 4 is 21.9 Å². The van der Waals surface area contributed by atoms with E-state index in [1.54, 1.807) is 6.92 Å². The van der Waals surface area contributed by atoms with Crippen LogP contribution in [-0.2, 0) is 14.3 Å². The fraction of sp³-hybridized carbons (Fsp3) is 0.423. The predicted octanol–water partition coefficient (Wildman–Crippen LogP) is 5.73. The Balaban J connectivity index is 2.03. The number of nitrogens with zero attached hydrogens (tertiary/aromatic N) is 2. The molecular weight excluding hydrogens is 468 g/mol. The van der Waals surface area contributed by atoms with Crippen LogP contribution >= 0.6 is 15.9 Å². The van der Waals surface area contributed by atoms with E-state index in [1.165, 1.54) is 0 Å². The number of rotatable bonds is 5. The van der Waals surface area contributed by atoms with Gasteiger partial charge in [-0.05, 0) is 43.0 Å². The van der Waals surface area contributed by atoms with Crippen LogP contribution in [0.15, 0.2) is 59.1 Å². The molecule has 166 valence electrons. The highest BCUT2D eigenvalue weighted by Gasteiger charge is 2.46. The van der Waals surface area contributed by atoms with Gasteiger partial charge in [0.2, 0.25) is 0 Å². The SMILES string of the molecule is CCOC(=O)CC1COCC(c2cccc(Br)c2)CCC(C#N)(C#N)C1c1ccccc1. The minimum absolute atomic E-state index is 0.0475. The molecule has 1 aliphatic rings. The van der Waals surface area contributed by atoms with E-state index in [0.717, 1.165) is 15.6 Å². The molecule has 1 saturated heterocycles. The van der Waals surface area contributed by atoms with E-state index in [1.807, 2.05) is 48.5 Å². The van der Waals surface area contributed by atoms with Crippen molar-refractivity contribution in [2.75, 3.05) is 19.8 Å². The van der Waals surface area contributed by atoms with Crippen molar-refractivity contribution in [2.45, 2.75) is 38.0 Å². The van der Waals surface area contributed by atoms with Crippen LogP contribution in [-0.4, -0.2) is 25.8 Å². The lowest BCUT2D eigenvalue weighted by Crippen LogP contribution is -2.35. The molecule has 2 aromatic carbocycles. The van der Waals surface area contributed by atoms with Gasteiger partial charge in [-0.3, -0.25) is 4.79 Å². The average molecular weight is 495 g/mol. The van der Waals surface area contributed by atoms with Gasteiger partial charge in [-0.15, -0.1) is 0 Å². The third-order valence-corrected chi connectivity index (χ3v) is 6.65. The largest absolute Gasteiger partial charge is 0.466 e. The Morgan fingerprint density at radius 1 is 1.12 bits per heavy atom. The first-order valence-corrected chi connectivity index (χ1v) is 11.7. The molecule has 0 saturated carbocycles. The number of ether oxygens (including phenoxy) is 2. The maximum Gasteiger partial charge on any atom is 0.306 e. The first-order valence-electron chi connectivity index (χ1n) is 10.9. The number of esters is 1. The maximum atomic E-state index is 12.4. The topological polar surface area (TPSA) is 83.1 Å². The summed E-state index contributed by atoms with van der Waals surface area (Å²) >= 11 is 3.52. The zero-order chi connectivity index (χ0) is 23.0. The standard InChI is InChI=1S/C26H27BrN2O3/c1-2-32-24(30)14-22-16-31-15-21(20-9-6-10-23(27)13-20)11-12-26(17-28,18-29)25(22)19-7-4-3-5-8-19/h3-10,13,21-22,25H,2,11-12,14-16H2,1H3. The molecule has 0 aromatic heterocycles. The molecule has 0 N–H and O–H groups in total. The zero-order valence-electron chi connectivity index (χ0n) is 18.2. The van der Waals surface area contributed by atoms with Crippen LogP contribution < -0.4 is 0 Å². The van der Waals surface area contributed by atoms with Gasteiger partial charge in [-0.1, -0.05) is 58.4 Å². The molecular formula is C26H27BrN2O3. The fourth-order valence-electron chi connectivity index (χ4n) is 4.63. The van der Waals surface area contributed by atoms with Crippen molar-refractivity contribution in [3.63, 3.8) is 0 Å². The van der Waals surface area contributed by atoms with Crippen molar-refractivity contribution in [1.29, 1.82) is 10.5 Å². The molecule has 3 atom stereocenters. The Hall–Kier alpha value is -2.67. The lowest BCUT2D eigenvalue weighted by atomic mass is 9.64. The number of halogens is 1. The second-order valence-electron chi connectivity index (χ2n) is 8.18. The number of carbonyl (C=O) groups excluding carboxylic acids is 1. The summed E-state index contributed by atoms with van der Waals surface area (Å²) in [5, 5.41) is 20.6. The summed E-state index contributed by atoms with van der Waals surface area (Å²) < 4.78 is 12.3. The van der Waals surface area contributed by atoms with Gasteiger partial charge in [-0.25, -0.2) is 0 Å². The van der Waals surface area contributed by atoms with Gasteiger partial charge in [0.05, 0.1) is 38.4 Å². The van der Waals surface area contributed by atoms with Crippen molar-refractivity contribution in [3.8, 4) is 12.1 Å². The number of hydrogen-bond acceptors (Lipinski definition) is 5. The summed E-state index contributed by atoms with van der Waals surface area (Å²) in [7, 11) is 0. The van der Waals surface area contributed by atoms with Gasteiger partial charge in [0.1, 0.15) is 0 Å². The minimum Gasteiger partial charge on any atom is -0.466 e. The number of carbonyl (C=O) groups is 1. The predicted molar refractivity (Wildman–Crippen MR) is 125 cm³/mol. The first kappa shape index (κ1) is 24.0. The third kappa shape index (κ3) is 5.57. The second kappa shape index (κ2) is 11.3. The Bertz CT molecular complexity index is 982. The highest BCUT2D eigenvalue weighted by Crippen LogP contribution is 2.47. The summed E-state index contributed by atoms with van der Waals surface area (Å²) in [6.45, 7) is 2.79. The third-order valence-electron chi connectivity index (χ3n) is 6.15. The van der Waals surface area contributed by atoms with Gasteiger partial charge in [0.25, 0.3) is 0 Å². The Kier molecular flexibility index (Phi) is 8.45. The molecule has 1 aliphatic heterocycles. The van der Waals surface area contributed by atoms with Gasteiger partial charge < -0.3 is 9.47 Å². The van der Waals surface area contributed by atoms with Crippen LogP contribution in [0.2, 0.25) is 0 Å². The average Bonchev–Trinajstić information content (AvgIpc) is 2.87. The van der Waals surface area contributed by atoms with Crippen molar-refractivity contribution in [3.05, 3.63) is 70.2 Å². The lowest BCUT2D eigenvalue weighted by molar-refractivity contribution is -0.145. The molecule has 3 unspecified atom stereocenters. The van der Waals surface area contributed by atoms with E-state index in [-0.39, 0.29) is 37.4 Å². The van der Waals surface area contributed by atoms with Crippen LogP contribution in [0.1, 0.15) is 49.1 Å². The van der Waals surface area contributed by atoms with Gasteiger partial charge >= 0.3 is 5.97 Å². The zero-order valence-corrected chi connectivity index (χ0v) is 19.8. The van der Waals surface area contributed by atoms with E-state index in [9.17, 15) is 15.3 Å². The molecule has 5 nitrogen and oxygen atoms in total. The summed E-state index contributed by atoms with van der Waals surface area (Å²) in [5.41, 5.74) is 0.690. The van der Waals surface area contributed by atoms with E-state index < -0.39 is 11.3 Å². The molecule has 1 heterocycles. The lowest BCUT2D eigenvalue weighted by Gasteiger charge is -2.35. The Morgan fingerprint density at radius 3 is 2.50 bits per heavy atom. The van der Waals surface area contributed by atoms with E-state index in [4.69, 9.17) is 9.47 Å². The summed E-state index contributed by atoms with van der Waals surface area (Å²) in [6.07, 6.45) is 1.12. The highest BCUT2D eigenvalue weighted by molar-refractivity contribution is 9.10. The number of hydrogen-bond donors (Lipinski definition) is 0. The second-order valence-corrected chi connectivity index (χ2v) is 9.10. The molecule has 3 rings (SSSR count). The summed E-state index contributed by atoms with van der Waals surface area (Å²) in [4.78, 5) is 12.4. The van der Waals surface area contributed by atoms with Crippen molar-refractivity contribution in [2.24, 2.45) is 11.3 Å².